The van der Waals surface area contributed by atoms with Gasteiger partial charge in [0.25, 0.3) is 0 Å². The van der Waals surface area contributed by atoms with Crippen molar-refractivity contribution in [2.24, 2.45) is 5.41 Å². The molecule has 0 saturated carbocycles. The van der Waals surface area contributed by atoms with Crippen molar-refractivity contribution >= 4 is 5.97 Å². The van der Waals surface area contributed by atoms with Crippen molar-refractivity contribution in [1.29, 1.82) is 0 Å². The van der Waals surface area contributed by atoms with E-state index in [0.717, 1.165) is 51.0 Å². The molecule has 1 atom stereocenters. The van der Waals surface area contributed by atoms with Crippen LogP contribution in [0.4, 0.5) is 0 Å². The number of aryl methyl sites for hydroxylation is 1. The van der Waals surface area contributed by atoms with Gasteiger partial charge in [0, 0.05) is 19.3 Å². The summed E-state index contributed by atoms with van der Waals surface area (Å²) in [6.07, 6.45) is 5.47. The summed E-state index contributed by atoms with van der Waals surface area (Å²) in [5.41, 5.74) is 1.91. The molecule has 0 bridgehead atoms. The number of piperidine rings is 1. The third kappa shape index (κ3) is 4.70. The van der Waals surface area contributed by atoms with Gasteiger partial charge in [0.2, 0.25) is 0 Å². The molecule has 138 valence electrons. The Kier molecular flexibility index (Phi) is 6.40. The summed E-state index contributed by atoms with van der Waals surface area (Å²) < 4.78 is 5.49. The number of carbonyl (C=O) groups excluding carboxylic acids is 1. The van der Waals surface area contributed by atoms with Gasteiger partial charge in [0.1, 0.15) is 0 Å². The van der Waals surface area contributed by atoms with E-state index in [1.54, 1.807) is 0 Å². The molecule has 0 spiro atoms. The molecule has 26 heavy (non-hydrogen) atoms. The lowest BCUT2D eigenvalue weighted by Crippen LogP contribution is -2.48. The van der Waals surface area contributed by atoms with E-state index in [4.69, 9.17) is 4.74 Å². The van der Waals surface area contributed by atoms with E-state index in [1.807, 2.05) is 37.4 Å². The molecule has 0 N–H and O–H groups in total. The van der Waals surface area contributed by atoms with Crippen LogP contribution >= 0.6 is 0 Å². The fourth-order valence-corrected chi connectivity index (χ4v) is 3.87. The molecular weight excluding hydrogens is 324 g/mol. The third-order valence-corrected chi connectivity index (χ3v) is 5.21. The van der Waals surface area contributed by atoms with Crippen molar-refractivity contribution in [3.63, 3.8) is 0 Å². The Morgan fingerprint density at radius 1 is 1.19 bits per heavy atom. The van der Waals surface area contributed by atoms with E-state index in [9.17, 15) is 4.79 Å². The highest BCUT2D eigenvalue weighted by molar-refractivity contribution is 5.77. The van der Waals surface area contributed by atoms with Gasteiger partial charge >= 0.3 is 5.97 Å². The molecule has 4 heteroatoms. The molecule has 1 aromatic carbocycles. The molecule has 1 fully saturated rings. The van der Waals surface area contributed by atoms with Crippen molar-refractivity contribution < 1.29 is 9.53 Å². The molecule has 4 nitrogen and oxygen atoms in total. The van der Waals surface area contributed by atoms with E-state index in [0.29, 0.717) is 6.61 Å². The molecule has 0 aliphatic carbocycles. The number of pyridine rings is 1. The first-order valence-corrected chi connectivity index (χ1v) is 9.55. The van der Waals surface area contributed by atoms with Crippen LogP contribution in [-0.2, 0) is 22.5 Å². The Morgan fingerprint density at radius 2 is 2.00 bits per heavy atom. The van der Waals surface area contributed by atoms with Crippen LogP contribution in [0.25, 0.3) is 0 Å². The Labute approximate surface area is 156 Å². The van der Waals surface area contributed by atoms with E-state index in [1.165, 1.54) is 5.56 Å². The molecule has 1 aliphatic heterocycles. The summed E-state index contributed by atoms with van der Waals surface area (Å²) in [6.45, 7) is 4.86. The maximum absolute atomic E-state index is 12.9. The van der Waals surface area contributed by atoms with Crippen LogP contribution < -0.4 is 0 Å². The lowest BCUT2D eigenvalue weighted by molar-refractivity contribution is -0.160. The number of esters is 1. The summed E-state index contributed by atoms with van der Waals surface area (Å²) in [6, 6.07) is 16.4. The second kappa shape index (κ2) is 8.95. The number of rotatable bonds is 7. The smallest absolute Gasteiger partial charge is 0.313 e. The molecule has 0 unspecified atom stereocenters. The number of likely N-dealkylation sites (tertiary alicyclic amines) is 1. The standard InChI is InChI=1S/C22H28N2O2/c1-2-26-21(25)22(14-12-19-9-4-3-5-10-19)13-8-16-24(18-22)17-20-11-6-7-15-23-20/h3-7,9-11,15H,2,8,12-14,16-18H2,1H3/t22-/m1/s1. The minimum Gasteiger partial charge on any atom is -0.466 e. The zero-order valence-electron chi connectivity index (χ0n) is 15.6. The van der Waals surface area contributed by atoms with Gasteiger partial charge in [-0.05, 0) is 56.8 Å². The zero-order valence-corrected chi connectivity index (χ0v) is 15.6. The summed E-state index contributed by atoms with van der Waals surface area (Å²) >= 11 is 0. The van der Waals surface area contributed by atoms with Gasteiger partial charge < -0.3 is 4.74 Å². The second-order valence-electron chi connectivity index (χ2n) is 7.12. The predicted octanol–water partition coefficient (Wildman–Crippen LogP) is 3.86. The molecular formula is C22H28N2O2. The van der Waals surface area contributed by atoms with Crippen LogP contribution in [0.2, 0.25) is 0 Å². The summed E-state index contributed by atoms with van der Waals surface area (Å²) in [5.74, 6) is -0.0401. The predicted molar refractivity (Wildman–Crippen MR) is 103 cm³/mol. The Hall–Kier alpha value is -2.20. The molecule has 2 heterocycles. The molecule has 1 saturated heterocycles. The maximum atomic E-state index is 12.9. The van der Waals surface area contributed by atoms with Crippen LogP contribution in [0.3, 0.4) is 0 Å². The highest BCUT2D eigenvalue weighted by Crippen LogP contribution is 2.36. The van der Waals surface area contributed by atoms with Crippen LogP contribution in [0.15, 0.2) is 54.7 Å². The molecule has 1 aliphatic rings. The fourth-order valence-electron chi connectivity index (χ4n) is 3.87. The Morgan fingerprint density at radius 3 is 2.73 bits per heavy atom. The number of hydrogen-bond acceptors (Lipinski definition) is 4. The number of benzene rings is 1. The lowest BCUT2D eigenvalue weighted by Gasteiger charge is -2.41. The molecule has 3 rings (SSSR count). The average Bonchev–Trinajstić information content (AvgIpc) is 2.68. The number of carbonyl (C=O) groups is 1. The highest BCUT2D eigenvalue weighted by Gasteiger charge is 2.43. The van der Waals surface area contributed by atoms with Crippen molar-refractivity contribution in [3.8, 4) is 0 Å². The highest BCUT2D eigenvalue weighted by atomic mass is 16.5. The summed E-state index contributed by atoms with van der Waals surface area (Å²) in [4.78, 5) is 19.7. The minimum atomic E-state index is -0.418. The molecule has 0 radical (unpaired) electrons. The van der Waals surface area contributed by atoms with Crippen LogP contribution in [0, 0.1) is 5.41 Å². The van der Waals surface area contributed by atoms with Crippen molar-refractivity contribution in [2.45, 2.75) is 39.2 Å². The van der Waals surface area contributed by atoms with Gasteiger partial charge in [-0.1, -0.05) is 36.4 Å². The molecule has 1 aromatic heterocycles. The Bertz CT molecular complexity index is 690. The Balaban J connectivity index is 1.72. The largest absolute Gasteiger partial charge is 0.466 e. The monoisotopic (exact) mass is 352 g/mol. The SMILES string of the molecule is CCOC(=O)[C@@]1(CCc2ccccc2)CCCN(Cc2ccccn2)C1. The van der Waals surface area contributed by atoms with E-state index < -0.39 is 5.41 Å². The number of aromatic nitrogens is 1. The van der Waals surface area contributed by atoms with Gasteiger partial charge in [0.15, 0.2) is 0 Å². The van der Waals surface area contributed by atoms with Crippen LogP contribution in [0.5, 0.6) is 0 Å². The number of ether oxygens (including phenoxy) is 1. The van der Waals surface area contributed by atoms with E-state index in [2.05, 4.69) is 34.1 Å². The van der Waals surface area contributed by atoms with Gasteiger partial charge in [0.05, 0.1) is 17.7 Å². The van der Waals surface area contributed by atoms with Crippen molar-refractivity contribution in [1.82, 2.24) is 9.88 Å². The van der Waals surface area contributed by atoms with Gasteiger partial charge in [-0.2, -0.15) is 0 Å². The van der Waals surface area contributed by atoms with Crippen molar-refractivity contribution in [2.75, 3.05) is 19.7 Å². The third-order valence-electron chi connectivity index (χ3n) is 5.21. The number of nitrogens with zero attached hydrogens (tertiary/aromatic N) is 2. The van der Waals surface area contributed by atoms with Crippen LogP contribution in [-0.4, -0.2) is 35.5 Å². The van der Waals surface area contributed by atoms with E-state index >= 15 is 0 Å². The van der Waals surface area contributed by atoms with Gasteiger partial charge in [-0.15, -0.1) is 0 Å². The number of hydrogen-bond donors (Lipinski definition) is 0. The normalized spacial score (nSPS) is 20.7. The van der Waals surface area contributed by atoms with Crippen LogP contribution in [0.1, 0.15) is 37.4 Å². The second-order valence-corrected chi connectivity index (χ2v) is 7.12. The summed E-state index contributed by atoms with van der Waals surface area (Å²) in [7, 11) is 0. The lowest BCUT2D eigenvalue weighted by atomic mass is 9.75. The minimum absolute atomic E-state index is 0.0401. The first-order chi connectivity index (χ1) is 12.7. The van der Waals surface area contributed by atoms with Crippen molar-refractivity contribution in [3.05, 3.63) is 66.0 Å². The first kappa shape index (κ1) is 18.6. The fraction of sp³-hybridized carbons (Fsp3) is 0.455. The quantitative estimate of drug-likeness (QED) is 0.710. The maximum Gasteiger partial charge on any atom is 0.313 e. The van der Waals surface area contributed by atoms with Gasteiger partial charge in [-0.3, -0.25) is 14.7 Å². The van der Waals surface area contributed by atoms with Gasteiger partial charge in [-0.25, -0.2) is 0 Å². The van der Waals surface area contributed by atoms with E-state index in [-0.39, 0.29) is 5.97 Å². The molecule has 0 amide bonds. The molecule has 2 aromatic rings. The zero-order chi connectivity index (χ0) is 18.2. The first-order valence-electron chi connectivity index (χ1n) is 9.55. The average molecular weight is 352 g/mol. The topological polar surface area (TPSA) is 42.4 Å². The summed E-state index contributed by atoms with van der Waals surface area (Å²) in [5, 5.41) is 0.